The lowest BCUT2D eigenvalue weighted by atomic mass is 9.95. The average molecular weight is 260 g/mol. The van der Waals surface area contributed by atoms with E-state index < -0.39 is 5.54 Å². The molecule has 0 spiro atoms. The molecule has 19 heavy (non-hydrogen) atoms. The summed E-state index contributed by atoms with van der Waals surface area (Å²) in [6.07, 6.45) is 2.17. The first-order valence-corrected chi connectivity index (χ1v) is 7.09. The Morgan fingerprint density at radius 3 is 2.58 bits per heavy atom. The van der Waals surface area contributed by atoms with Crippen molar-refractivity contribution >= 4 is 5.91 Å². The molecule has 2 rings (SSSR count). The Bertz CT molecular complexity index is 464. The Labute approximate surface area is 115 Å². The highest BCUT2D eigenvalue weighted by atomic mass is 16.2. The number of nitrogens with zero attached hydrogens (tertiary/aromatic N) is 1. The summed E-state index contributed by atoms with van der Waals surface area (Å²) in [4.78, 5) is 14.5. The number of hydrogen-bond acceptors (Lipinski definition) is 2. The van der Waals surface area contributed by atoms with Crippen molar-refractivity contribution < 1.29 is 4.79 Å². The maximum absolute atomic E-state index is 12.6. The van der Waals surface area contributed by atoms with Crippen LogP contribution in [0.15, 0.2) is 24.3 Å². The molecule has 1 aliphatic rings. The van der Waals surface area contributed by atoms with Crippen LogP contribution in [-0.2, 0) is 11.3 Å². The van der Waals surface area contributed by atoms with E-state index in [2.05, 4.69) is 19.1 Å². The number of carbonyl (C=O) groups is 1. The maximum atomic E-state index is 12.6. The van der Waals surface area contributed by atoms with Crippen molar-refractivity contribution in [3.8, 4) is 0 Å². The van der Waals surface area contributed by atoms with Gasteiger partial charge in [-0.15, -0.1) is 0 Å². The van der Waals surface area contributed by atoms with Gasteiger partial charge in [-0.05, 0) is 50.7 Å². The third-order valence-electron chi connectivity index (χ3n) is 4.18. The van der Waals surface area contributed by atoms with Crippen LogP contribution < -0.4 is 5.73 Å². The second-order valence-electron chi connectivity index (χ2n) is 5.80. The summed E-state index contributed by atoms with van der Waals surface area (Å²) in [6, 6.07) is 8.20. The number of aryl methyl sites for hydroxylation is 1. The molecule has 3 nitrogen and oxygen atoms in total. The first-order chi connectivity index (χ1) is 8.96. The van der Waals surface area contributed by atoms with Gasteiger partial charge in [0.1, 0.15) is 0 Å². The van der Waals surface area contributed by atoms with Crippen molar-refractivity contribution in [1.82, 2.24) is 4.90 Å². The Morgan fingerprint density at radius 2 is 2.05 bits per heavy atom. The molecule has 0 aromatic heterocycles. The largest absolute Gasteiger partial charge is 0.337 e. The molecule has 0 radical (unpaired) electrons. The Hall–Kier alpha value is -1.35. The predicted molar refractivity (Wildman–Crippen MR) is 77.6 cm³/mol. The van der Waals surface area contributed by atoms with Gasteiger partial charge in [-0.1, -0.05) is 24.3 Å². The molecule has 1 unspecified atom stereocenters. The van der Waals surface area contributed by atoms with E-state index in [4.69, 9.17) is 5.73 Å². The van der Waals surface area contributed by atoms with Crippen molar-refractivity contribution in [3.63, 3.8) is 0 Å². The van der Waals surface area contributed by atoms with E-state index in [9.17, 15) is 4.79 Å². The van der Waals surface area contributed by atoms with Crippen LogP contribution in [0.4, 0.5) is 0 Å². The minimum absolute atomic E-state index is 0.0840. The van der Waals surface area contributed by atoms with Gasteiger partial charge in [-0.2, -0.15) is 0 Å². The molecule has 1 aromatic rings. The third-order valence-corrected chi connectivity index (χ3v) is 4.18. The molecule has 0 aliphatic heterocycles. The summed E-state index contributed by atoms with van der Waals surface area (Å²) in [7, 11) is 0. The van der Waals surface area contributed by atoms with Crippen molar-refractivity contribution in [2.24, 2.45) is 11.7 Å². The fourth-order valence-electron chi connectivity index (χ4n) is 2.52. The summed E-state index contributed by atoms with van der Waals surface area (Å²) in [5.74, 6) is 0.451. The molecule has 1 atom stereocenters. The van der Waals surface area contributed by atoms with Crippen LogP contribution in [0.3, 0.4) is 0 Å². The number of nitrogens with two attached hydrogens (primary N) is 1. The quantitative estimate of drug-likeness (QED) is 0.884. The Morgan fingerprint density at radius 1 is 1.42 bits per heavy atom. The third kappa shape index (κ3) is 2.98. The second kappa shape index (κ2) is 5.33. The van der Waals surface area contributed by atoms with Crippen molar-refractivity contribution in [2.45, 2.75) is 45.7 Å². The lowest BCUT2D eigenvalue weighted by Crippen LogP contribution is -2.54. The van der Waals surface area contributed by atoms with Gasteiger partial charge < -0.3 is 10.6 Å². The average Bonchev–Trinajstić information content (AvgIpc) is 3.21. The minimum Gasteiger partial charge on any atom is -0.337 e. The standard InChI is InChI=1S/C16H24N2O/c1-4-18(11-13-8-6-5-7-12(13)2)15(19)16(3,17)14-9-10-14/h5-8,14H,4,9-11,17H2,1-3H3. The number of hydrogen-bond donors (Lipinski definition) is 1. The molecule has 0 bridgehead atoms. The van der Waals surface area contributed by atoms with E-state index in [0.29, 0.717) is 19.0 Å². The lowest BCUT2D eigenvalue weighted by molar-refractivity contribution is -0.137. The van der Waals surface area contributed by atoms with Crippen molar-refractivity contribution in [3.05, 3.63) is 35.4 Å². The Kier molecular flexibility index (Phi) is 3.95. The summed E-state index contributed by atoms with van der Waals surface area (Å²) in [5.41, 5.74) is 7.97. The number of amides is 1. The van der Waals surface area contributed by atoms with E-state index in [0.717, 1.165) is 12.8 Å². The van der Waals surface area contributed by atoms with Gasteiger partial charge in [0.15, 0.2) is 0 Å². The van der Waals surface area contributed by atoms with E-state index in [1.807, 2.05) is 30.9 Å². The molecule has 104 valence electrons. The topological polar surface area (TPSA) is 46.3 Å². The summed E-state index contributed by atoms with van der Waals surface area (Å²) >= 11 is 0. The zero-order valence-corrected chi connectivity index (χ0v) is 12.1. The molecular weight excluding hydrogens is 236 g/mol. The zero-order valence-electron chi connectivity index (χ0n) is 12.1. The molecule has 1 aliphatic carbocycles. The molecule has 1 aromatic carbocycles. The smallest absolute Gasteiger partial charge is 0.242 e. The molecule has 1 amide bonds. The molecule has 1 fully saturated rings. The molecule has 2 N–H and O–H groups in total. The highest BCUT2D eigenvalue weighted by Gasteiger charge is 2.45. The van der Waals surface area contributed by atoms with Gasteiger partial charge in [0.05, 0.1) is 5.54 Å². The van der Waals surface area contributed by atoms with Crippen LogP contribution in [0.2, 0.25) is 0 Å². The maximum Gasteiger partial charge on any atom is 0.242 e. The van der Waals surface area contributed by atoms with Crippen LogP contribution in [-0.4, -0.2) is 22.9 Å². The van der Waals surface area contributed by atoms with Crippen LogP contribution in [0, 0.1) is 12.8 Å². The Balaban J connectivity index is 2.12. The molecule has 3 heteroatoms. The van der Waals surface area contributed by atoms with Gasteiger partial charge in [0.2, 0.25) is 5.91 Å². The van der Waals surface area contributed by atoms with Gasteiger partial charge in [0.25, 0.3) is 0 Å². The minimum atomic E-state index is -0.696. The van der Waals surface area contributed by atoms with Crippen LogP contribution in [0.25, 0.3) is 0 Å². The molecule has 1 saturated carbocycles. The highest BCUT2D eigenvalue weighted by molar-refractivity contribution is 5.86. The van der Waals surface area contributed by atoms with Crippen molar-refractivity contribution in [1.29, 1.82) is 0 Å². The van der Waals surface area contributed by atoms with Crippen LogP contribution >= 0.6 is 0 Å². The highest BCUT2D eigenvalue weighted by Crippen LogP contribution is 2.39. The first kappa shape index (κ1) is 14.1. The van der Waals surface area contributed by atoms with E-state index in [1.165, 1.54) is 11.1 Å². The van der Waals surface area contributed by atoms with E-state index in [1.54, 1.807) is 0 Å². The SMILES string of the molecule is CCN(Cc1ccccc1C)C(=O)C(C)(N)C1CC1. The molecule has 0 heterocycles. The summed E-state index contributed by atoms with van der Waals surface area (Å²) in [5, 5.41) is 0. The van der Waals surface area contributed by atoms with Crippen LogP contribution in [0.5, 0.6) is 0 Å². The van der Waals surface area contributed by atoms with Gasteiger partial charge in [-0.3, -0.25) is 4.79 Å². The zero-order chi connectivity index (χ0) is 14.0. The lowest BCUT2D eigenvalue weighted by Gasteiger charge is -2.31. The number of likely N-dealkylation sites (N-methyl/N-ethyl adjacent to an activating group) is 1. The van der Waals surface area contributed by atoms with E-state index in [-0.39, 0.29) is 5.91 Å². The number of carbonyl (C=O) groups excluding carboxylic acids is 1. The van der Waals surface area contributed by atoms with E-state index >= 15 is 0 Å². The number of rotatable bonds is 5. The van der Waals surface area contributed by atoms with Gasteiger partial charge in [0, 0.05) is 13.1 Å². The predicted octanol–water partition coefficient (Wildman–Crippen LogP) is 2.47. The summed E-state index contributed by atoms with van der Waals surface area (Å²) < 4.78 is 0. The van der Waals surface area contributed by atoms with Gasteiger partial charge in [-0.25, -0.2) is 0 Å². The fourth-order valence-corrected chi connectivity index (χ4v) is 2.52. The summed E-state index contributed by atoms with van der Waals surface area (Å²) in [6.45, 7) is 7.33. The first-order valence-electron chi connectivity index (χ1n) is 7.09. The van der Waals surface area contributed by atoms with Crippen LogP contribution in [0.1, 0.15) is 37.8 Å². The number of benzene rings is 1. The van der Waals surface area contributed by atoms with Crippen molar-refractivity contribution in [2.75, 3.05) is 6.54 Å². The normalized spacial score (nSPS) is 17.9. The van der Waals surface area contributed by atoms with Gasteiger partial charge >= 0.3 is 0 Å². The molecular formula is C16H24N2O. The second-order valence-corrected chi connectivity index (χ2v) is 5.80. The molecule has 0 saturated heterocycles. The monoisotopic (exact) mass is 260 g/mol. The fraction of sp³-hybridized carbons (Fsp3) is 0.562.